The molecule has 3 heterocycles. The van der Waals surface area contributed by atoms with Gasteiger partial charge in [0.1, 0.15) is 5.56 Å². The van der Waals surface area contributed by atoms with Crippen molar-refractivity contribution < 1.29 is 9.53 Å². The number of rotatable bonds is 5. The highest BCUT2D eigenvalue weighted by Gasteiger charge is 2.38. The van der Waals surface area contributed by atoms with Crippen LogP contribution in [0.4, 0.5) is 0 Å². The van der Waals surface area contributed by atoms with Gasteiger partial charge in [-0.3, -0.25) is 9.88 Å². The summed E-state index contributed by atoms with van der Waals surface area (Å²) in [4.78, 5) is 19.6. The van der Waals surface area contributed by atoms with Crippen LogP contribution in [0.5, 0.6) is 0 Å². The lowest BCUT2D eigenvalue weighted by Gasteiger charge is -2.27. The van der Waals surface area contributed by atoms with Gasteiger partial charge in [0.15, 0.2) is 0 Å². The van der Waals surface area contributed by atoms with E-state index < -0.39 is 0 Å². The Hall–Kier alpha value is -2.44. The third-order valence-corrected chi connectivity index (χ3v) is 6.38. The van der Waals surface area contributed by atoms with Gasteiger partial charge >= 0.3 is 5.97 Å². The van der Waals surface area contributed by atoms with E-state index in [-0.39, 0.29) is 5.97 Å². The van der Waals surface area contributed by atoms with Gasteiger partial charge in [0, 0.05) is 35.7 Å². The van der Waals surface area contributed by atoms with E-state index in [1.54, 1.807) is 12.4 Å². The van der Waals surface area contributed by atoms with Crippen LogP contribution in [0.15, 0.2) is 36.7 Å². The minimum atomic E-state index is -0.320. The van der Waals surface area contributed by atoms with E-state index in [0.29, 0.717) is 29.8 Å². The van der Waals surface area contributed by atoms with Crippen molar-refractivity contribution in [3.8, 4) is 5.69 Å². The minimum Gasteiger partial charge on any atom is -0.462 e. The molecule has 0 amide bonds. The van der Waals surface area contributed by atoms with Crippen molar-refractivity contribution in [2.45, 2.75) is 38.8 Å². The third kappa shape index (κ3) is 3.30. The van der Waals surface area contributed by atoms with Gasteiger partial charge in [0.05, 0.1) is 29.7 Å². The molecule has 6 nitrogen and oxygen atoms in total. The lowest BCUT2D eigenvalue weighted by Crippen LogP contribution is -2.33. The number of nitrogens with zero attached hydrogens (tertiary/aromatic N) is 4. The van der Waals surface area contributed by atoms with Crippen molar-refractivity contribution >= 4 is 28.5 Å². The Morgan fingerprint density at radius 2 is 2.21 bits per heavy atom. The maximum Gasteiger partial charge on any atom is 0.341 e. The monoisotopic (exact) mass is 410 g/mol. The first kappa shape index (κ1) is 18.6. The summed E-state index contributed by atoms with van der Waals surface area (Å²) in [6.45, 7) is 3.94. The Balaban J connectivity index is 1.60. The zero-order chi connectivity index (χ0) is 20.0. The summed E-state index contributed by atoms with van der Waals surface area (Å²) in [6.07, 6.45) is 7.20. The number of likely N-dealkylation sites (tertiary alicyclic amines) is 1. The van der Waals surface area contributed by atoms with E-state index in [1.807, 2.05) is 35.9 Å². The average Bonchev–Trinajstić information content (AvgIpc) is 3.43. The molecule has 2 aliphatic rings. The molecule has 1 saturated heterocycles. The molecular formula is C22H23ClN4O2. The largest absolute Gasteiger partial charge is 0.462 e. The fraction of sp³-hybridized carbons (Fsp3) is 0.409. The molecule has 1 saturated carbocycles. The molecule has 5 rings (SSSR count). The molecular weight excluding hydrogens is 388 g/mol. The predicted octanol–water partition coefficient (Wildman–Crippen LogP) is 4.23. The standard InChI is InChI=1S/C22H23ClN4O2/c1-2-29-22(28)18-11-25-27(21(18)13-26-12-14-3-5-16(26)9-14)20-7-8-24-19-10-15(23)4-6-17(19)20/h4,6-8,10-11,14,16H,2-3,5,9,12-13H2,1H3/t14-,16+/m0/s1. The van der Waals surface area contributed by atoms with Crippen LogP contribution >= 0.6 is 11.6 Å². The number of aromatic nitrogens is 3. The predicted molar refractivity (Wildman–Crippen MR) is 111 cm³/mol. The van der Waals surface area contributed by atoms with Gasteiger partial charge in [-0.25, -0.2) is 9.48 Å². The molecule has 1 aliphatic carbocycles. The van der Waals surface area contributed by atoms with Gasteiger partial charge in [0.2, 0.25) is 0 Å². The van der Waals surface area contributed by atoms with Gasteiger partial charge < -0.3 is 4.74 Å². The molecule has 1 aliphatic heterocycles. The Morgan fingerprint density at radius 1 is 1.31 bits per heavy atom. The van der Waals surface area contributed by atoms with E-state index in [4.69, 9.17) is 16.3 Å². The molecule has 2 bridgehead atoms. The minimum absolute atomic E-state index is 0.320. The van der Waals surface area contributed by atoms with Crippen molar-refractivity contribution in [2.24, 2.45) is 5.92 Å². The number of halogens is 1. The number of piperidine rings is 1. The number of hydrogen-bond acceptors (Lipinski definition) is 5. The molecule has 0 spiro atoms. The molecule has 2 atom stereocenters. The fourth-order valence-electron chi connectivity index (χ4n) is 4.82. The van der Waals surface area contributed by atoms with Crippen molar-refractivity contribution in [3.63, 3.8) is 0 Å². The number of benzene rings is 1. The van der Waals surface area contributed by atoms with E-state index in [2.05, 4.69) is 15.0 Å². The van der Waals surface area contributed by atoms with Gasteiger partial charge in [-0.15, -0.1) is 0 Å². The van der Waals surface area contributed by atoms with Crippen molar-refractivity contribution in [1.82, 2.24) is 19.7 Å². The number of esters is 1. The second-order valence-electron chi connectivity index (χ2n) is 7.89. The van der Waals surface area contributed by atoms with Crippen LogP contribution < -0.4 is 0 Å². The van der Waals surface area contributed by atoms with E-state index in [1.165, 1.54) is 19.3 Å². The zero-order valence-corrected chi connectivity index (χ0v) is 17.1. The smallest absolute Gasteiger partial charge is 0.341 e. The molecule has 2 fully saturated rings. The summed E-state index contributed by atoms with van der Waals surface area (Å²) >= 11 is 6.15. The van der Waals surface area contributed by atoms with Crippen LogP contribution in [-0.2, 0) is 11.3 Å². The molecule has 150 valence electrons. The van der Waals surface area contributed by atoms with Crippen molar-refractivity contribution in [1.29, 1.82) is 0 Å². The summed E-state index contributed by atoms with van der Waals surface area (Å²) in [5.74, 6) is 0.464. The molecule has 29 heavy (non-hydrogen) atoms. The molecule has 0 radical (unpaired) electrons. The molecule has 0 N–H and O–H groups in total. The maximum atomic E-state index is 12.6. The van der Waals surface area contributed by atoms with Crippen molar-refractivity contribution in [3.05, 3.63) is 52.9 Å². The number of ether oxygens (including phenoxy) is 1. The summed E-state index contributed by atoms with van der Waals surface area (Å²) in [7, 11) is 0. The first-order valence-electron chi connectivity index (χ1n) is 10.2. The SMILES string of the molecule is CCOC(=O)c1cnn(-c2ccnc3cc(Cl)ccc23)c1CN1C[C@H]2CC[C@@H]1C2. The second kappa shape index (κ2) is 7.43. The molecule has 7 heteroatoms. The van der Waals surface area contributed by atoms with Gasteiger partial charge in [-0.05, 0) is 56.4 Å². The van der Waals surface area contributed by atoms with E-state index >= 15 is 0 Å². The molecule has 0 unspecified atom stereocenters. The number of carbonyl (C=O) groups is 1. The first-order valence-corrected chi connectivity index (χ1v) is 10.5. The zero-order valence-electron chi connectivity index (χ0n) is 16.3. The normalized spacial score (nSPS) is 21.2. The summed E-state index contributed by atoms with van der Waals surface area (Å²) in [5, 5.41) is 6.18. The average molecular weight is 411 g/mol. The highest BCUT2D eigenvalue weighted by atomic mass is 35.5. The summed E-state index contributed by atoms with van der Waals surface area (Å²) in [5.41, 5.74) is 3.10. The number of carbonyl (C=O) groups excluding carboxylic acids is 1. The van der Waals surface area contributed by atoms with Crippen LogP contribution in [0.1, 0.15) is 42.2 Å². The Labute approximate surface area is 174 Å². The molecule has 1 aromatic carbocycles. The van der Waals surface area contributed by atoms with Crippen LogP contribution in [0, 0.1) is 5.92 Å². The Kier molecular flexibility index (Phi) is 4.76. The highest BCUT2D eigenvalue weighted by Crippen LogP contribution is 2.38. The van der Waals surface area contributed by atoms with Gasteiger partial charge in [-0.1, -0.05) is 11.6 Å². The lowest BCUT2D eigenvalue weighted by molar-refractivity contribution is 0.0523. The van der Waals surface area contributed by atoms with Crippen LogP contribution in [-0.4, -0.2) is 44.8 Å². The number of fused-ring (bicyclic) bond motifs is 3. The third-order valence-electron chi connectivity index (χ3n) is 6.15. The van der Waals surface area contributed by atoms with Crippen molar-refractivity contribution in [2.75, 3.05) is 13.2 Å². The van der Waals surface area contributed by atoms with Gasteiger partial charge in [-0.2, -0.15) is 5.10 Å². The Morgan fingerprint density at radius 3 is 2.97 bits per heavy atom. The van der Waals surface area contributed by atoms with Crippen LogP contribution in [0.25, 0.3) is 16.6 Å². The topological polar surface area (TPSA) is 60.2 Å². The Bertz CT molecular complexity index is 1080. The van der Waals surface area contributed by atoms with E-state index in [9.17, 15) is 4.79 Å². The quantitative estimate of drug-likeness (QED) is 0.589. The van der Waals surface area contributed by atoms with E-state index in [0.717, 1.165) is 34.7 Å². The summed E-state index contributed by atoms with van der Waals surface area (Å²) < 4.78 is 7.18. The molecule has 3 aromatic rings. The maximum absolute atomic E-state index is 12.6. The first-order chi connectivity index (χ1) is 14.1. The van der Waals surface area contributed by atoms with Gasteiger partial charge in [0.25, 0.3) is 0 Å². The summed E-state index contributed by atoms with van der Waals surface area (Å²) in [6, 6.07) is 8.18. The number of hydrogen-bond donors (Lipinski definition) is 0. The lowest BCUT2D eigenvalue weighted by atomic mass is 10.1. The van der Waals surface area contributed by atoms with Crippen LogP contribution in [0.3, 0.4) is 0 Å². The molecule has 2 aromatic heterocycles. The second-order valence-corrected chi connectivity index (χ2v) is 8.33. The number of pyridine rings is 1. The fourth-order valence-corrected chi connectivity index (χ4v) is 4.98. The van der Waals surface area contributed by atoms with Crippen LogP contribution in [0.2, 0.25) is 5.02 Å². The highest BCUT2D eigenvalue weighted by molar-refractivity contribution is 6.31.